The summed E-state index contributed by atoms with van der Waals surface area (Å²) in [6, 6.07) is 14.7. The number of carbonyl (C=O) groups is 2. The van der Waals surface area contributed by atoms with Crippen LogP contribution in [0, 0.1) is 0 Å². The second-order valence-electron chi connectivity index (χ2n) is 7.86. The number of ketones is 1. The molecule has 35 heavy (non-hydrogen) atoms. The average molecular weight is 475 g/mol. The third-order valence-corrected chi connectivity index (χ3v) is 5.78. The van der Waals surface area contributed by atoms with Crippen LogP contribution < -0.4 is 14.2 Å². The smallest absolute Gasteiger partial charge is 0.295 e. The number of methoxy groups -OCH3 is 2. The molecule has 0 radical (unpaired) electrons. The zero-order valence-corrected chi connectivity index (χ0v) is 19.7. The van der Waals surface area contributed by atoms with Crippen molar-refractivity contribution in [1.29, 1.82) is 0 Å². The summed E-state index contributed by atoms with van der Waals surface area (Å²) in [6.07, 6.45) is 3.28. The molecule has 0 bridgehead atoms. The first kappa shape index (κ1) is 23.8. The van der Waals surface area contributed by atoms with E-state index in [0.29, 0.717) is 35.0 Å². The van der Waals surface area contributed by atoms with Gasteiger partial charge in [-0.05, 0) is 54.4 Å². The number of ether oxygens (including phenoxy) is 3. The van der Waals surface area contributed by atoms with Gasteiger partial charge in [0.05, 0.1) is 32.4 Å². The summed E-state index contributed by atoms with van der Waals surface area (Å²) in [6.45, 7) is 2.55. The molecule has 0 saturated carbocycles. The van der Waals surface area contributed by atoms with Gasteiger partial charge in [0.2, 0.25) is 0 Å². The van der Waals surface area contributed by atoms with Crippen molar-refractivity contribution in [1.82, 2.24) is 9.88 Å². The van der Waals surface area contributed by atoms with Crippen LogP contribution in [0.2, 0.25) is 0 Å². The molecule has 1 unspecified atom stereocenters. The number of aliphatic hydroxyl groups is 1. The first-order chi connectivity index (χ1) is 17.0. The van der Waals surface area contributed by atoms with Crippen molar-refractivity contribution in [2.45, 2.75) is 19.5 Å². The molecule has 4 rings (SSSR count). The van der Waals surface area contributed by atoms with Gasteiger partial charge in [-0.1, -0.05) is 18.2 Å². The van der Waals surface area contributed by atoms with E-state index in [2.05, 4.69) is 4.98 Å². The summed E-state index contributed by atoms with van der Waals surface area (Å²) in [5, 5.41) is 11.3. The Morgan fingerprint density at radius 1 is 1.03 bits per heavy atom. The number of hydrogen-bond donors (Lipinski definition) is 1. The van der Waals surface area contributed by atoms with Gasteiger partial charge in [0.25, 0.3) is 11.7 Å². The fourth-order valence-corrected chi connectivity index (χ4v) is 4.13. The Bertz CT molecular complexity index is 1250. The lowest BCUT2D eigenvalue weighted by molar-refractivity contribution is -0.140. The number of Topliss-reactive ketones (excluding diaryl/α,β-unsaturated/α-hetero) is 1. The van der Waals surface area contributed by atoms with Gasteiger partial charge < -0.3 is 24.2 Å². The van der Waals surface area contributed by atoms with E-state index in [9.17, 15) is 14.7 Å². The molecule has 1 amide bonds. The number of rotatable bonds is 8. The standard InChI is InChI=1S/C27H26N2O6/c1-4-35-20-10-7-18(8-11-20)24-23(25(30)19-9-12-21(33-2)22(14-19)34-3)26(31)27(32)29(24)16-17-6-5-13-28-15-17/h5-15,24,30H,4,16H2,1-3H3. The van der Waals surface area contributed by atoms with E-state index < -0.39 is 17.7 Å². The van der Waals surface area contributed by atoms with E-state index in [4.69, 9.17) is 14.2 Å². The Hall–Kier alpha value is -4.33. The Kier molecular flexibility index (Phi) is 7.01. The molecule has 2 aromatic carbocycles. The quantitative estimate of drug-likeness (QED) is 0.298. The Labute approximate surface area is 203 Å². The highest BCUT2D eigenvalue weighted by atomic mass is 16.5. The van der Waals surface area contributed by atoms with Crippen molar-refractivity contribution in [3.63, 3.8) is 0 Å². The normalized spacial score (nSPS) is 16.9. The molecule has 1 aliphatic rings. The largest absolute Gasteiger partial charge is 0.507 e. The molecule has 3 aromatic rings. The van der Waals surface area contributed by atoms with Crippen molar-refractivity contribution in [3.8, 4) is 17.2 Å². The van der Waals surface area contributed by atoms with E-state index in [-0.39, 0.29) is 17.9 Å². The molecule has 0 aliphatic carbocycles. The topological polar surface area (TPSA) is 98.2 Å². The van der Waals surface area contributed by atoms with Crippen LogP contribution in [0.4, 0.5) is 0 Å². The van der Waals surface area contributed by atoms with E-state index in [0.717, 1.165) is 5.56 Å². The van der Waals surface area contributed by atoms with Crippen LogP contribution in [-0.2, 0) is 16.1 Å². The number of carbonyl (C=O) groups excluding carboxylic acids is 2. The fraction of sp³-hybridized carbons (Fsp3) is 0.222. The minimum absolute atomic E-state index is 0.00438. The maximum atomic E-state index is 13.2. The zero-order valence-electron chi connectivity index (χ0n) is 19.7. The van der Waals surface area contributed by atoms with E-state index in [1.54, 1.807) is 60.9 Å². The summed E-state index contributed by atoms with van der Waals surface area (Å²) >= 11 is 0. The molecule has 2 heterocycles. The van der Waals surface area contributed by atoms with E-state index in [1.165, 1.54) is 19.1 Å². The van der Waals surface area contributed by atoms with Crippen LogP contribution in [0.25, 0.3) is 5.76 Å². The number of nitrogens with zero attached hydrogens (tertiary/aromatic N) is 2. The van der Waals surface area contributed by atoms with Gasteiger partial charge in [-0.25, -0.2) is 0 Å². The maximum absolute atomic E-state index is 13.2. The maximum Gasteiger partial charge on any atom is 0.295 e. The van der Waals surface area contributed by atoms with Crippen molar-refractivity contribution in [3.05, 3.63) is 89.3 Å². The first-order valence-electron chi connectivity index (χ1n) is 11.1. The van der Waals surface area contributed by atoms with Gasteiger partial charge in [0.15, 0.2) is 11.5 Å². The van der Waals surface area contributed by atoms with E-state index in [1.807, 2.05) is 13.0 Å². The number of hydrogen-bond acceptors (Lipinski definition) is 7. The van der Waals surface area contributed by atoms with Crippen LogP contribution in [0.5, 0.6) is 17.2 Å². The molecule has 0 spiro atoms. The third-order valence-electron chi connectivity index (χ3n) is 5.78. The van der Waals surface area contributed by atoms with Crippen molar-refractivity contribution in [2.75, 3.05) is 20.8 Å². The minimum atomic E-state index is -0.807. The molecule has 1 N–H and O–H groups in total. The van der Waals surface area contributed by atoms with E-state index >= 15 is 0 Å². The van der Waals surface area contributed by atoms with Crippen molar-refractivity contribution >= 4 is 17.4 Å². The first-order valence-corrected chi connectivity index (χ1v) is 11.1. The molecular formula is C27H26N2O6. The highest BCUT2D eigenvalue weighted by molar-refractivity contribution is 6.46. The van der Waals surface area contributed by atoms with Gasteiger partial charge in [-0.15, -0.1) is 0 Å². The number of aliphatic hydroxyl groups excluding tert-OH is 1. The molecule has 8 nitrogen and oxygen atoms in total. The summed E-state index contributed by atoms with van der Waals surface area (Å²) in [5.41, 5.74) is 1.75. The molecule has 1 aromatic heterocycles. The number of benzene rings is 2. The lowest BCUT2D eigenvalue weighted by Crippen LogP contribution is -2.29. The van der Waals surface area contributed by atoms with Crippen LogP contribution in [-0.4, -0.2) is 47.5 Å². The second kappa shape index (κ2) is 10.3. The highest BCUT2D eigenvalue weighted by Gasteiger charge is 2.46. The summed E-state index contributed by atoms with van der Waals surface area (Å²) < 4.78 is 16.1. The zero-order chi connectivity index (χ0) is 24.9. The number of amides is 1. The summed E-state index contributed by atoms with van der Waals surface area (Å²) in [7, 11) is 2.99. The molecule has 1 atom stereocenters. The average Bonchev–Trinajstić information content (AvgIpc) is 3.14. The van der Waals surface area contributed by atoms with Gasteiger partial charge in [-0.3, -0.25) is 14.6 Å². The summed E-state index contributed by atoms with van der Waals surface area (Å²) in [5.74, 6) is -0.227. The van der Waals surface area contributed by atoms with Crippen molar-refractivity contribution < 1.29 is 28.9 Å². The molecule has 8 heteroatoms. The fourth-order valence-electron chi connectivity index (χ4n) is 4.13. The van der Waals surface area contributed by atoms with Gasteiger partial charge in [0.1, 0.15) is 11.5 Å². The predicted octanol–water partition coefficient (Wildman–Crippen LogP) is 4.12. The lowest BCUT2D eigenvalue weighted by Gasteiger charge is -2.25. The number of aromatic nitrogens is 1. The Morgan fingerprint density at radius 3 is 2.40 bits per heavy atom. The van der Waals surface area contributed by atoms with Crippen LogP contribution in [0.1, 0.15) is 29.7 Å². The highest BCUT2D eigenvalue weighted by Crippen LogP contribution is 2.41. The Balaban J connectivity index is 1.84. The second-order valence-corrected chi connectivity index (χ2v) is 7.86. The van der Waals surface area contributed by atoms with Crippen LogP contribution in [0.3, 0.4) is 0 Å². The Morgan fingerprint density at radius 2 is 1.77 bits per heavy atom. The van der Waals surface area contributed by atoms with Crippen LogP contribution >= 0.6 is 0 Å². The monoisotopic (exact) mass is 474 g/mol. The molecule has 180 valence electrons. The lowest BCUT2D eigenvalue weighted by atomic mass is 9.95. The number of likely N-dealkylation sites (tertiary alicyclic amines) is 1. The van der Waals surface area contributed by atoms with Gasteiger partial charge >= 0.3 is 0 Å². The number of pyridine rings is 1. The molecule has 1 fully saturated rings. The molecular weight excluding hydrogens is 448 g/mol. The molecule has 1 saturated heterocycles. The van der Waals surface area contributed by atoms with Crippen molar-refractivity contribution in [2.24, 2.45) is 0 Å². The predicted molar refractivity (Wildman–Crippen MR) is 129 cm³/mol. The molecule has 1 aliphatic heterocycles. The minimum Gasteiger partial charge on any atom is -0.507 e. The van der Waals surface area contributed by atoms with Gasteiger partial charge in [-0.2, -0.15) is 0 Å². The SMILES string of the molecule is CCOc1ccc(C2C(=C(O)c3ccc(OC)c(OC)c3)C(=O)C(=O)N2Cc2cccnc2)cc1. The van der Waals surface area contributed by atoms with Crippen LogP contribution in [0.15, 0.2) is 72.6 Å². The van der Waals surface area contributed by atoms with Gasteiger partial charge in [0, 0.05) is 24.5 Å². The third kappa shape index (κ3) is 4.68. The summed E-state index contributed by atoms with van der Waals surface area (Å²) in [4.78, 5) is 32.0.